The number of hydrogen-bond donors (Lipinski definition) is 1. The molecule has 0 saturated heterocycles. The van der Waals surface area contributed by atoms with Crippen molar-refractivity contribution >= 4 is 17.8 Å². The molecule has 0 bridgehead atoms. The molecule has 0 aliphatic heterocycles. The van der Waals surface area contributed by atoms with Gasteiger partial charge in [0.25, 0.3) is 0 Å². The summed E-state index contributed by atoms with van der Waals surface area (Å²) in [4.78, 5) is 0. The maximum atomic E-state index is 13.5. The van der Waals surface area contributed by atoms with E-state index < -0.39 is 30.0 Å². The molecule has 5 rings (SSSR count). The molecule has 216 valence electrons. The highest BCUT2D eigenvalue weighted by Crippen LogP contribution is 2.37. The largest absolute Gasteiger partial charge is 0.416 e. The maximum absolute atomic E-state index is 13.5. The van der Waals surface area contributed by atoms with Crippen molar-refractivity contribution in [2.75, 3.05) is 0 Å². The van der Waals surface area contributed by atoms with E-state index in [4.69, 9.17) is 11.6 Å². The van der Waals surface area contributed by atoms with Crippen LogP contribution >= 0.6 is 11.6 Å². The summed E-state index contributed by atoms with van der Waals surface area (Å²) < 4.78 is 83.7. The first-order valence-corrected chi connectivity index (χ1v) is 12.4. The topological polar surface area (TPSA) is 94.0 Å². The minimum Gasteiger partial charge on any atom is -0.411 e. The van der Waals surface area contributed by atoms with Crippen LogP contribution in [0.15, 0.2) is 78.0 Å². The molecule has 15 heteroatoms. The first-order valence-electron chi connectivity index (χ1n) is 12.1. The summed E-state index contributed by atoms with van der Waals surface area (Å²) >= 11 is 6.35. The third-order valence-corrected chi connectivity index (χ3v) is 6.58. The lowest BCUT2D eigenvalue weighted by atomic mass is 10.0. The molecule has 42 heavy (non-hydrogen) atoms. The Kier molecular flexibility index (Phi) is 7.73. The van der Waals surface area contributed by atoms with Gasteiger partial charge in [-0.05, 0) is 35.4 Å². The summed E-state index contributed by atoms with van der Waals surface area (Å²) in [6.45, 7) is -0.374. The van der Waals surface area contributed by atoms with Gasteiger partial charge >= 0.3 is 12.4 Å². The second-order valence-electron chi connectivity index (χ2n) is 9.03. The molecule has 0 fully saturated rings. The minimum atomic E-state index is -5.01. The molecule has 0 unspecified atom stereocenters. The third kappa shape index (κ3) is 5.98. The predicted molar refractivity (Wildman–Crippen MR) is 140 cm³/mol. The summed E-state index contributed by atoms with van der Waals surface area (Å²) in [5.41, 5.74) is -1.64. The van der Waals surface area contributed by atoms with Crippen molar-refractivity contribution in [3.63, 3.8) is 0 Å². The normalized spacial score (nSPS) is 12.4. The Labute approximate surface area is 238 Å². The second kappa shape index (κ2) is 11.3. The molecule has 0 radical (unpaired) electrons. The van der Waals surface area contributed by atoms with Crippen LogP contribution in [0, 0.1) is 0 Å². The average Bonchev–Trinajstić information content (AvgIpc) is 3.53. The van der Waals surface area contributed by atoms with Crippen molar-refractivity contribution in [2.45, 2.75) is 25.4 Å². The summed E-state index contributed by atoms with van der Waals surface area (Å²) in [5, 5.41) is 29.2. The zero-order valence-corrected chi connectivity index (χ0v) is 21.9. The zero-order chi connectivity index (χ0) is 30.1. The van der Waals surface area contributed by atoms with Gasteiger partial charge in [-0.15, -0.1) is 15.3 Å². The molecule has 0 aliphatic rings. The summed E-state index contributed by atoms with van der Waals surface area (Å²) in [7, 11) is 0. The van der Waals surface area contributed by atoms with Crippen molar-refractivity contribution in [3.05, 3.63) is 106 Å². The van der Waals surface area contributed by atoms with E-state index in [1.54, 1.807) is 54.6 Å². The van der Waals surface area contributed by atoms with E-state index >= 15 is 0 Å². The number of aromatic nitrogens is 6. The predicted octanol–water partition coefficient (Wildman–Crippen LogP) is 6.80. The van der Waals surface area contributed by atoms with Crippen molar-refractivity contribution < 1.29 is 31.5 Å². The molecular weight excluding hydrogens is 588 g/mol. The Morgan fingerprint density at radius 3 is 2.07 bits per heavy atom. The fourth-order valence-corrected chi connectivity index (χ4v) is 4.53. The Morgan fingerprint density at radius 2 is 1.45 bits per heavy atom. The standard InChI is InChI=1S/C27H18ClF6N7O/c28-21-9-5-4-8-18(21)15-40-22(13-35-42)36-38-25(40)23-24(17-6-2-1-3-7-17)41(39-37-23)14-16-10-19(26(29,30)31)12-20(11-16)27(32,33)34/h1-13,42H,14-15H2/b35-13+. The van der Waals surface area contributed by atoms with Crippen LogP contribution in [0.4, 0.5) is 26.3 Å². The lowest BCUT2D eigenvalue weighted by Gasteiger charge is -2.15. The van der Waals surface area contributed by atoms with E-state index in [0.717, 1.165) is 6.21 Å². The zero-order valence-electron chi connectivity index (χ0n) is 21.1. The minimum absolute atomic E-state index is 0.0653. The number of nitrogens with zero attached hydrogens (tertiary/aromatic N) is 7. The van der Waals surface area contributed by atoms with Crippen molar-refractivity contribution in [3.8, 4) is 22.8 Å². The van der Waals surface area contributed by atoms with Crippen LogP contribution < -0.4 is 0 Å². The fourth-order valence-electron chi connectivity index (χ4n) is 4.33. The molecule has 3 aromatic carbocycles. The lowest BCUT2D eigenvalue weighted by Crippen LogP contribution is -2.13. The van der Waals surface area contributed by atoms with Gasteiger partial charge in [0.1, 0.15) is 11.9 Å². The highest BCUT2D eigenvalue weighted by molar-refractivity contribution is 6.31. The van der Waals surface area contributed by atoms with Crippen molar-refractivity contribution in [1.82, 2.24) is 29.8 Å². The van der Waals surface area contributed by atoms with Crippen LogP contribution in [0.25, 0.3) is 22.8 Å². The summed E-state index contributed by atoms with van der Waals surface area (Å²) in [6, 6.07) is 16.8. The Balaban J connectivity index is 1.67. The van der Waals surface area contributed by atoms with Crippen LogP contribution in [0.5, 0.6) is 0 Å². The number of halogens is 7. The summed E-state index contributed by atoms with van der Waals surface area (Å²) in [5.74, 6) is 0.253. The maximum Gasteiger partial charge on any atom is 0.416 e. The molecule has 0 aliphatic carbocycles. The molecule has 0 atom stereocenters. The van der Waals surface area contributed by atoms with Crippen LogP contribution in [-0.2, 0) is 25.4 Å². The Hall–Kier alpha value is -4.72. The molecule has 0 spiro atoms. The number of rotatable bonds is 7. The van der Waals surface area contributed by atoms with E-state index in [1.807, 2.05) is 0 Å². The van der Waals surface area contributed by atoms with Gasteiger partial charge in [-0.2, -0.15) is 26.3 Å². The van der Waals surface area contributed by atoms with Crippen LogP contribution in [0.1, 0.15) is 28.1 Å². The monoisotopic (exact) mass is 605 g/mol. The van der Waals surface area contributed by atoms with Gasteiger partial charge in [-0.3, -0.25) is 0 Å². The molecular formula is C27H18ClF6N7O. The third-order valence-electron chi connectivity index (χ3n) is 6.21. The van der Waals surface area contributed by atoms with Gasteiger partial charge in [0.15, 0.2) is 17.3 Å². The quantitative estimate of drug-likeness (QED) is 0.0953. The van der Waals surface area contributed by atoms with Gasteiger partial charge in [-0.25, -0.2) is 4.68 Å². The van der Waals surface area contributed by atoms with Crippen molar-refractivity contribution in [2.24, 2.45) is 5.16 Å². The van der Waals surface area contributed by atoms with E-state index in [9.17, 15) is 31.5 Å². The van der Waals surface area contributed by atoms with Gasteiger partial charge in [0.2, 0.25) is 0 Å². The van der Waals surface area contributed by atoms with E-state index in [2.05, 4.69) is 25.7 Å². The van der Waals surface area contributed by atoms with E-state index in [1.165, 1.54) is 9.25 Å². The average molecular weight is 606 g/mol. The van der Waals surface area contributed by atoms with Crippen LogP contribution in [-0.4, -0.2) is 41.2 Å². The fraction of sp³-hybridized carbons (Fsp3) is 0.148. The highest BCUT2D eigenvalue weighted by Gasteiger charge is 2.37. The SMILES string of the molecule is O/N=C/c1nnc(-c2nnn(Cc3cc(C(F)(F)F)cc(C(F)(F)F)c3)c2-c2ccccc2)n1Cc1ccccc1Cl. The molecule has 2 heterocycles. The first kappa shape index (κ1) is 28.8. The van der Waals surface area contributed by atoms with Gasteiger partial charge in [0.05, 0.1) is 24.2 Å². The molecule has 0 amide bonds. The number of benzene rings is 3. The second-order valence-corrected chi connectivity index (χ2v) is 9.44. The van der Waals surface area contributed by atoms with Crippen molar-refractivity contribution in [1.29, 1.82) is 0 Å². The number of oxime groups is 1. The molecule has 0 saturated carbocycles. The lowest BCUT2D eigenvalue weighted by molar-refractivity contribution is -0.143. The van der Waals surface area contributed by atoms with E-state index in [0.29, 0.717) is 28.3 Å². The van der Waals surface area contributed by atoms with Gasteiger partial charge in [-0.1, -0.05) is 70.5 Å². The summed E-state index contributed by atoms with van der Waals surface area (Å²) in [6.07, 6.45) is -8.97. The molecule has 1 N–H and O–H groups in total. The highest BCUT2D eigenvalue weighted by atomic mass is 35.5. The molecule has 8 nitrogen and oxygen atoms in total. The molecule has 2 aromatic heterocycles. The smallest absolute Gasteiger partial charge is 0.411 e. The Morgan fingerprint density at radius 1 is 0.810 bits per heavy atom. The first-order chi connectivity index (χ1) is 20.0. The number of alkyl halides is 6. The Bertz CT molecular complexity index is 1710. The number of hydrogen-bond acceptors (Lipinski definition) is 6. The van der Waals surface area contributed by atoms with E-state index in [-0.39, 0.29) is 41.2 Å². The van der Waals surface area contributed by atoms with Gasteiger partial charge in [0, 0.05) is 10.6 Å². The molecule has 5 aromatic rings. The van der Waals surface area contributed by atoms with Crippen LogP contribution in [0.3, 0.4) is 0 Å². The van der Waals surface area contributed by atoms with Gasteiger partial charge < -0.3 is 9.77 Å². The van der Waals surface area contributed by atoms with Crippen LogP contribution in [0.2, 0.25) is 5.02 Å².